The number of hydrogen-bond donors (Lipinski definition) is 2. The van der Waals surface area contributed by atoms with Gasteiger partial charge < -0.3 is 10.6 Å². The van der Waals surface area contributed by atoms with Gasteiger partial charge in [-0.2, -0.15) is 0 Å². The van der Waals surface area contributed by atoms with E-state index in [1.807, 2.05) is 32.0 Å². The third-order valence-corrected chi connectivity index (χ3v) is 4.35. The maximum Gasteiger partial charge on any atom is 0.313 e. The second-order valence-corrected chi connectivity index (χ2v) is 6.06. The molecule has 2 N–H and O–H groups in total. The molecular formula is C17H24N2O2. The molecule has 114 valence electrons. The van der Waals surface area contributed by atoms with Gasteiger partial charge in [0.2, 0.25) is 0 Å². The van der Waals surface area contributed by atoms with Crippen LogP contribution in [-0.2, 0) is 9.59 Å². The van der Waals surface area contributed by atoms with Crippen LogP contribution in [0.3, 0.4) is 0 Å². The van der Waals surface area contributed by atoms with E-state index in [-0.39, 0.29) is 6.04 Å². The molecule has 0 heterocycles. The third-order valence-electron chi connectivity index (χ3n) is 4.35. The predicted octanol–water partition coefficient (Wildman–Crippen LogP) is 2.94. The standard InChI is InChI=1S/C17H24N2O2/c1-11-7-4-5-10-14(11)18-16(20)17(21)19-15-12(2)8-6-9-13(15)3/h6,8-9,11,14H,4-5,7,10H2,1-3H3,(H,18,20)(H,19,21)/t11-,14+/m0/s1. The Labute approximate surface area is 126 Å². The van der Waals surface area contributed by atoms with Crippen molar-refractivity contribution in [1.82, 2.24) is 5.32 Å². The summed E-state index contributed by atoms with van der Waals surface area (Å²) in [6, 6.07) is 5.90. The van der Waals surface area contributed by atoms with Gasteiger partial charge in [-0.15, -0.1) is 0 Å². The molecule has 21 heavy (non-hydrogen) atoms. The fraction of sp³-hybridized carbons (Fsp3) is 0.529. The van der Waals surface area contributed by atoms with Gasteiger partial charge in [-0.05, 0) is 43.7 Å². The van der Waals surface area contributed by atoms with E-state index in [9.17, 15) is 9.59 Å². The van der Waals surface area contributed by atoms with Gasteiger partial charge >= 0.3 is 11.8 Å². The number of aryl methyl sites for hydroxylation is 2. The van der Waals surface area contributed by atoms with Gasteiger partial charge in [0.1, 0.15) is 0 Å². The van der Waals surface area contributed by atoms with Crippen LogP contribution >= 0.6 is 0 Å². The van der Waals surface area contributed by atoms with Gasteiger partial charge in [0.05, 0.1) is 0 Å². The molecule has 1 aromatic rings. The maximum absolute atomic E-state index is 12.1. The quantitative estimate of drug-likeness (QED) is 0.822. The largest absolute Gasteiger partial charge is 0.345 e. The monoisotopic (exact) mass is 288 g/mol. The lowest BCUT2D eigenvalue weighted by Gasteiger charge is -2.29. The molecule has 1 fully saturated rings. The summed E-state index contributed by atoms with van der Waals surface area (Å²) in [6.45, 7) is 5.97. The summed E-state index contributed by atoms with van der Waals surface area (Å²) >= 11 is 0. The number of hydrogen-bond acceptors (Lipinski definition) is 2. The first-order chi connectivity index (χ1) is 9.99. The number of benzene rings is 1. The van der Waals surface area contributed by atoms with Gasteiger partial charge in [-0.1, -0.05) is 38.0 Å². The second-order valence-electron chi connectivity index (χ2n) is 6.06. The molecule has 0 aliphatic heterocycles. The molecule has 4 nitrogen and oxygen atoms in total. The Bertz CT molecular complexity index is 519. The van der Waals surface area contributed by atoms with Crippen LogP contribution in [0.5, 0.6) is 0 Å². The van der Waals surface area contributed by atoms with Crippen molar-refractivity contribution >= 4 is 17.5 Å². The highest BCUT2D eigenvalue weighted by Crippen LogP contribution is 2.24. The molecular weight excluding hydrogens is 264 g/mol. The van der Waals surface area contributed by atoms with Crippen molar-refractivity contribution in [3.05, 3.63) is 29.3 Å². The smallest absolute Gasteiger partial charge is 0.313 e. The summed E-state index contributed by atoms with van der Waals surface area (Å²) in [4.78, 5) is 24.1. The van der Waals surface area contributed by atoms with Gasteiger partial charge in [0.15, 0.2) is 0 Å². The SMILES string of the molecule is Cc1cccc(C)c1NC(=O)C(=O)N[C@@H]1CCCC[C@@H]1C. The van der Waals surface area contributed by atoms with Crippen LogP contribution < -0.4 is 10.6 Å². The molecule has 2 amide bonds. The Balaban J connectivity index is 1.98. The van der Waals surface area contributed by atoms with Crippen LogP contribution in [0.1, 0.15) is 43.7 Å². The normalized spacial score (nSPS) is 21.7. The minimum atomic E-state index is -0.579. The number of rotatable bonds is 2. The highest BCUT2D eigenvalue weighted by Gasteiger charge is 2.25. The molecule has 0 unspecified atom stereocenters. The van der Waals surface area contributed by atoms with Crippen LogP contribution in [0.4, 0.5) is 5.69 Å². The van der Waals surface area contributed by atoms with Crippen molar-refractivity contribution in [3.8, 4) is 0 Å². The number of carbonyl (C=O) groups is 2. The molecule has 0 aromatic heterocycles. The zero-order chi connectivity index (χ0) is 15.4. The molecule has 1 aliphatic carbocycles. The van der Waals surface area contributed by atoms with E-state index in [1.54, 1.807) is 0 Å². The first-order valence-corrected chi connectivity index (χ1v) is 7.67. The van der Waals surface area contributed by atoms with E-state index >= 15 is 0 Å². The number of nitrogens with one attached hydrogen (secondary N) is 2. The van der Waals surface area contributed by atoms with Crippen molar-refractivity contribution < 1.29 is 9.59 Å². The first-order valence-electron chi connectivity index (χ1n) is 7.67. The van der Waals surface area contributed by atoms with Crippen LogP contribution in [0.2, 0.25) is 0 Å². The van der Waals surface area contributed by atoms with Crippen molar-refractivity contribution in [2.75, 3.05) is 5.32 Å². The molecule has 0 radical (unpaired) electrons. The summed E-state index contributed by atoms with van der Waals surface area (Å²) in [5.41, 5.74) is 2.65. The average Bonchev–Trinajstić information content (AvgIpc) is 2.45. The predicted molar refractivity (Wildman–Crippen MR) is 84.1 cm³/mol. The Morgan fingerprint density at radius 2 is 1.67 bits per heavy atom. The molecule has 0 saturated heterocycles. The zero-order valence-electron chi connectivity index (χ0n) is 13.0. The summed E-state index contributed by atoms with van der Waals surface area (Å²) in [5, 5.41) is 5.61. The lowest BCUT2D eigenvalue weighted by Crippen LogP contribution is -2.45. The number of carbonyl (C=O) groups excluding carboxylic acids is 2. The molecule has 2 atom stereocenters. The van der Waals surface area contributed by atoms with Crippen molar-refractivity contribution in [1.29, 1.82) is 0 Å². The summed E-state index contributed by atoms with van der Waals surface area (Å²) < 4.78 is 0. The summed E-state index contributed by atoms with van der Waals surface area (Å²) in [7, 11) is 0. The second kappa shape index (κ2) is 6.74. The topological polar surface area (TPSA) is 58.2 Å². The molecule has 4 heteroatoms. The molecule has 0 spiro atoms. The van der Waals surface area contributed by atoms with Crippen molar-refractivity contribution in [2.45, 2.75) is 52.5 Å². The number of para-hydroxylation sites is 1. The fourth-order valence-corrected chi connectivity index (χ4v) is 2.95. The minimum absolute atomic E-state index is 0.120. The van der Waals surface area contributed by atoms with Crippen molar-refractivity contribution in [3.63, 3.8) is 0 Å². The van der Waals surface area contributed by atoms with E-state index in [2.05, 4.69) is 17.6 Å². The molecule has 1 saturated carbocycles. The third kappa shape index (κ3) is 3.84. The Morgan fingerprint density at radius 1 is 1.05 bits per heavy atom. The summed E-state index contributed by atoms with van der Waals surface area (Å²) in [6.07, 6.45) is 4.41. The first kappa shape index (κ1) is 15.5. The molecule has 1 aliphatic rings. The van der Waals surface area contributed by atoms with E-state index in [0.717, 1.165) is 36.1 Å². The van der Waals surface area contributed by atoms with Gasteiger partial charge in [-0.3, -0.25) is 9.59 Å². The van der Waals surface area contributed by atoms with Crippen molar-refractivity contribution in [2.24, 2.45) is 5.92 Å². The highest BCUT2D eigenvalue weighted by atomic mass is 16.2. The minimum Gasteiger partial charge on any atom is -0.345 e. The lowest BCUT2D eigenvalue weighted by molar-refractivity contribution is -0.137. The van der Waals surface area contributed by atoms with Gasteiger partial charge in [-0.25, -0.2) is 0 Å². The van der Waals surface area contributed by atoms with Crippen LogP contribution in [0, 0.1) is 19.8 Å². The van der Waals surface area contributed by atoms with Crippen LogP contribution in [0.25, 0.3) is 0 Å². The van der Waals surface area contributed by atoms with E-state index in [0.29, 0.717) is 5.92 Å². The number of amides is 2. The Morgan fingerprint density at radius 3 is 2.29 bits per heavy atom. The average molecular weight is 288 g/mol. The van der Waals surface area contributed by atoms with Gasteiger partial charge in [0, 0.05) is 11.7 Å². The van der Waals surface area contributed by atoms with E-state index < -0.39 is 11.8 Å². The van der Waals surface area contributed by atoms with Crippen LogP contribution in [0.15, 0.2) is 18.2 Å². The Hall–Kier alpha value is -1.84. The van der Waals surface area contributed by atoms with Gasteiger partial charge in [0.25, 0.3) is 0 Å². The molecule has 2 rings (SSSR count). The maximum atomic E-state index is 12.1. The van der Waals surface area contributed by atoms with Crippen LogP contribution in [-0.4, -0.2) is 17.9 Å². The Kier molecular flexibility index (Phi) is 4.99. The molecule has 0 bridgehead atoms. The zero-order valence-corrected chi connectivity index (χ0v) is 13.0. The summed E-state index contributed by atoms with van der Waals surface area (Å²) in [5.74, 6) is -0.669. The van der Waals surface area contributed by atoms with E-state index in [4.69, 9.17) is 0 Å². The fourth-order valence-electron chi connectivity index (χ4n) is 2.95. The highest BCUT2D eigenvalue weighted by molar-refractivity contribution is 6.39. The number of anilines is 1. The van der Waals surface area contributed by atoms with E-state index in [1.165, 1.54) is 6.42 Å². The molecule has 1 aromatic carbocycles. The lowest BCUT2D eigenvalue weighted by atomic mass is 9.86.